The van der Waals surface area contributed by atoms with E-state index in [9.17, 15) is 26.3 Å². The number of hydrogen-bond acceptors (Lipinski definition) is 0. The number of benzene rings is 1. The van der Waals surface area contributed by atoms with E-state index in [1.54, 1.807) is 0 Å². The first-order valence-corrected chi connectivity index (χ1v) is 6.27. The van der Waals surface area contributed by atoms with Crippen molar-refractivity contribution >= 4 is 0 Å². The maximum Gasteiger partial charge on any atom is 0.411 e. The van der Waals surface area contributed by atoms with Crippen molar-refractivity contribution in [1.29, 1.82) is 0 Å². The molecule has 22 heavy (non-hydrogen) atoms. The molecule has 0 spiro atoms. The number of rotatable bonds is 4. The summed E-state index contributed by atoms with van der Waals surface area (Å²) in [7, 11) is 0. The molecule has 6 heteroatoms. The molecule has 0 saturated heterocycles. The summed E-state index contributed by atoms with van der Waals surface area (Å²) in [5.74, 6) is 0. The van der Waals surface area contributed by atoms with Gasteiger partial charge in [0.25, 0.3) is 0 Å². The van der Waals surface area contributed by atoms with Gasteiger partial charge < -0.3 is 0 Å². The van der Waals surface area contributed by atoms with Crippen molar-refractivity contribution in [1.82, 2.24) is 0 Å². The molecule has 0 aromatic heterocycles. The predicted molar refractivity (Wildman–Crippen MR) is 73.3 cm³/mol. The van der Waals surface area contributed by atoms with Crippen molar-refractivity contribution in [2.45, 2.75) is 24.7 Å². The van der Waals surface area contributed by atoms with Crippen LogP contribution in [0.25, 0.3) is 0 Å². The van der Waals surface area contributed by atoms with E-state index >= 15 is 0 Å². The highest BCUT2D eigenvalue weighted by Crippen LogP contribution is 2.56. The molecular formula is C16H14F6. The van der Waals surface area contributed by atoms with Crippen LogP contribution in [-0.4, -0.2) is 12.4 Å². The second kappa shape index (κ2) is 6.42. The summed E-state index contributed by atoms with van der Waals surface area (Å²) in [6.45, 7) is 4.56. The first kappa shape index (κ1) is 18.1. The summed E-state index contributed by atoms with van der Waals surface area (Å²) in [6.07, 6.45) is -7.57. The molecule has 0 amide bonds. The topological polar surface area (TPSA) is 0 Å². The molecule has 0 aliphatic heterocycles. The lowest BCUT2D eigenvalue weighted by molar-refractivity contribution is -0.288. The van der Waals surface area contributed by atoms with E-state index in [1.807, 2.05) is 0 Å². The number of hydrogen-bond donors (Lipinski definition) is 0. The van der Waals surface area contributed by atoms with Crippen molar-refractivity contribution < 1.29 is 26.3 Å². The Kier molecular flexibility index (Phi) is 5.27. The lowest BCUT2D eigenvalue weighted by Crippen LogP contribution is -2.55. The molecule has 1 rings (SSSR count). The van der Waals surface area contributed by atoms with Gasteiger partial charge in [-0.15, -0.1) is 0 Å². The molecule has 0 N–H and O–H groups in total. The van der Waals surface area contributed by atoms with Crippen LogP contribution in [0.15, 0.2) is 66.8 Å². The molecule has 0 radical (unpaired) electrons. The third kappa shape index (κ3) is 2.96. The molecule has 0 fully saturated rings. The van der Waals surface area contributed by atoms with Crippen molar-refractivity contribution in [3.05, 3.63) is 72.4 Å². The zero-order valence-corrected chi connectivity index (χ0v) is 11.7. The molecule has 0 aliphatic rings. The van der Waals surface area contributed by atoms with Gasteiger partial charge in [-0.05, 0) is 18.1 Å². The van der Waals surface area contributed by atoms with Crippen LogP contribution in [0.1, 0.15) is 12.5 Å². The fourth-order valence-corrected chi connectivity index (χ4v) is 2.28. The quantitative estimate of drug-likeness (QED) is 0.490. The monoisotopic (exact) mass is 320 g/mol. The minimum Gasteiger partial charge on any atom is -0.169 e. The van der Waals surface area contributed by atoms with Gasteiger partial charge in [-0.3, -0.25) is 0 Å². The van der Waals surface area contributed by atoms with E-state index in [-0.39, 0.29) is 0 Å². The van der Waals surface area contributed by atoms with Crippen LogP contribution in [0.2, 0.25) is 0 Å². The van der Waals surface area contributed by atoms with Crippen LogP contribution in [0.5, 0.6) is 0 Å². The number of allylic oxidation sites excluding steroid dienone is 5. The summed E-state index contributed by atoms with van der Waals surface area (Å²) >= 11 is 0. The van der Waals surface area contributed by atoms with Gasteiger partial charge >= 0.3 is 12.4 Å². The molecule has 1 aromatic rings. The van der Waals surface area contributed by atoms with E-state index < -0.39 is 28.9 Å². The van der Waals surface area contributed by atoms with Crippen molar-refractivity contribution in [3.8, 4) is 0 Å². The molecule has 1 aromatic carbocycles. The Bertz CT molecular complexity index is 547. The lowest BCUT2D eigenvalue weighted by Gasteiger charge is -2.39. The minimum absolute atomic E-state index is 0.730. The molecule has 0 bridgehead atoms. The highest BCUT2D eigenvalue weighted by molar-refractivity contribution is 5.47. The molecule has 0 aliphatic carbocycles. The van der Waals surface area contributed by atoms with Gasteiger partial charge in [-0.2, -0.15) is 26.3 Å². The Morgan fingerprint density at radius 2 is 1.45 bits per heavy atom. The zero-order chi connectivity index (χ0) is 17.0. The summed E-state index contributed by atoms with van der Waals surface area (Å²) in [4.78, 5) is 0. The van der Waals surface area contributed by atoms with Gasteiger partial charge in [0.05, 0.1) is 0 Å². The molecule has 0 heterocycles. The average Bonchev–Trinajstić information content (AvgIpc) is 2.38. The second-order valence-electron chi connectivity index (χ2n) is 4.47. The highest BCUT2D eigenvalue weighted by Gasteiger charge is 2.72. The smallest absolute Gasteiger partial charge is 0.169 e. The van der Waals surface area contributed by atoms with Crippen LogP contribution in [0.4, 0.5) is 26.3 Å². The number of halogens is 6. The van der Waals surface area contributed by atoms with Crippen LogP contribution in [0.3, 0.4) is 0 Å². The van der Waals surface area contributed by atoms with Gasteiger partial charge in [0.1, 0.15) is 0 Å². The molecule has 0 unspecified atom stereocenters. The minimum atomic E-state index is -5.57. The maximum absolute atomic E-state index is 13.6. The highest BCUT2D eigenvalue weighted by atomic mass is 19.4. The van der Waals surface area contributed by atoms with Crippen molar-refractivity contribution in [3.63, 3.8) is 0 Å². The van der Waals surface area contributed by atoms with E-state index in [2.05, 4.69) is 6.58 Å². The first-order chi connectivity index (χ1) is 10.1. The SMILES string of the molecule is C=C/C=C(\C=C/C)C(c1ccccc1)(C(F)(F)F)C(F)(F)F. The predicted octanol–water partition coefficient (Wildman–Crippen LogP) is 5.74. The van der Waals surface area contributed by atoms with Crippen LogP contribution in [-0.2, 0) is 5.41 Å². The molecule has 0 saturated carbocycles. The van der Waals surface area contributed by atoms with E-state index in [0.29, 0.717) is 0 Å². The largest absolute Gasteiger partial charge is 0.411 e. The van der Waals surface area contributed by atoms with Gasteiger partial charge in [0, 0.05) is 0 Å². The fraction of sp³-hybridized carbons (Fsp3) is 0.250. The zero-order valence-electron chi connectivity index (χ0n) is 11.7. The Labute approximate surface area is 124 Å². The van der Waals surface area contributed by atoms with E-state index in [4.69, 9.17) is 0 Å². The van der Waals surface area contributed by atoms with Gasteiger partial charge in [-0.25, -0.2) is 0 Å². The summed E-state index contributed by atoms with van der Waals surface area (Å²) < 4.78 is 81.7. The molecule has 0 atom stereocenters. The van der Waals surface area contributed by atoms with Crippen LogP contribution in [0, 0.1) is 0 Å². The molecule has 0 nitrogen and oxygen atoms in total. The van der Waals surface area contributed by atoms with Gasteiger partial charge in [0.15, 0.2) is 0 Å². The molecule has 120 valence electrons. The standard InChI is InChI=1S/C16H14F6/c1-3-8-12(9-4-2)14(15(17,18)19,16(20,21)22)13-10-6-5-7-11-13/h3-11H,1H2,2H3/b9-4-,12-8+. The van der Waals surface area contributed by atoms with Crippen LogP contribution < -0.4 is 0 Å². The summed E-state index contributed by atoms with van der Waals surface area (Å²) in [6, 6.07) is 5.28. The van der Waals surface area contributed by atoms with E-state index in [1.165, 1.54) is 13.0 Å². The number of alkyl halides is 6. The van der Waals surface area contributed by atoms with Gasteiger partial charge in [-0.1, -0.05) is 61.2 Å². The Morgan fingerprint density at radius 3 is 1.82 bits per heavy atom. The fourth-order valence-electron chi connectivity index (χ4n) is 2.28. The average molecular weight is 320 g/mol. The Morgan fingerprint density at radius 1 is 0.955 bits per heavy atom. The van der Waals surface area contributed by atoms with Crippen molar-refractivity contribution in [2.24, 2.45) is 0 Å². The lowest BCUT2D eigenvalue weighted by atomic mass is 9.72. The van der Waals surface area contributed by atoms with Gasteiger partial charge in [0.2, 0.25) is 5.41 Å². The second-order valence-corrected chi connectivity index (χ2v) is 4.47. The van der Waals surface area contributed by atoms with E-state index in [0.717, 1.165) is 48.6 Å². The Hall–Kier alpha value is -1.98. The summed E-state index contributed by atoms with van der Waals surface area (Å²) in [5.41, 5.74) is -5.93. The molecular weight excluding hydrogens is 306 g/mol. The maximum atomic E-state index is 13.6. The van der Waals surface area contributed by atoms with Crippen molar-refractivity contribution in [2.75, 3.05) is 0 Å². The first-order valence-electron chi connectivity index (χ1n) is 6.27. The Balaban J connectivity index is 3.92. The third-order valence-electron chi connectivity index (χ3n) is 3.13. The normalized spacial score (nSPS) is 14.4. The summed E-state index contributed by atoms with van der Waals surface area (Å²) in [5, 5.41) is 0. The third-order valence-corrected chi connectivity index (χ3v) is 3.13. The van der Waals surface area contributed by atoms with Crippen LogP contribution >= 0.6 is 0 Å².